The highest BCUT2D eigenvalue weighted by molar-refractivity contribution is 7.11. The lowest BCUT2D eigenvalue weighted by atomic mass is 10.0. The smallest absolute Gasteiger partial charge is 0.244 e. The van der Waals surface area contributed by atoms with Crippen molar-refractivity contribution in [3.05, 3.63) is 56.7 Å². The Morgan fingerprint density at radius 3 is 2.66 bits per heavy atom. The molecule has 0 fully saturated rings. The van der Waals surface area contributed by atoms with Gasteiger partial charge < -0.3 is 4.90 Å². The second kappa shape index (κ2) is 8.11. The van der Waals surface area contributed by atoms with Gasteiger partial charge in [0.25, 0.3) is 0 Å². The molecule has 0 bridgehead atoms. The molecule has 6 heteroatoms. The number of thiazole rings is 1. The summed E-state index contributed by atoms with van der Waals surface area (Å²) in [4.78, 5) is 21.0. The Balaban J connectivity index is 1.50. The van der Waals surface area contributed by atoms with Crippen LogP contribution in [0.4, 0.5) is 0 Å². The van der Waals surface area contributed by atoms with Crippen LogP contribution in [0, 0.1) is 20.8 Å². The third-order valence-corrected chi connectivity index (χ3v) is 6.85. The van der Waals surface area contributed by atoms with Crippen molar-refractivity contribution in [2.75, 3.05) is 13.1 Å². The van der Waals surface area contributed by atoms with Gasteiger partial charge in [-0.25, -0.2) is 4.98 Å². The van der Waals surface area contributed by atoms with Crippen molar-refractivity contribution >= 4 is 17.2 Å². The molecule has 152 valence electrons. The lowest BCUT2D eigenvalue weighted by Crippen LogP contribution is -2.36. The standard InChI is InChI=1S/C23H28N4OS/c1-5-19-13-21(18-7-6-15(2)16(3)12-18)25-27(19)14-23(28)26-10-8-20-22(9-11-26)29-17(4)24-20/h6-7,12-13H,5,8-11,14H2,1-4H3. The first kappa shape index (κ1) is 19.8. The highest BCUT2D eigenvalue weighted by atomic mass is 32.1. The van der Waals surface area contributed by atoms with Gasteiger partial charge >= 0.3 is 0 Å². The van der Waals surface area contributed by atoms with Crippen molar-refractivity contribution in [3.8, 4) is 11.3 Å². The minimum atomic E-state index is 0.140. The molecule has 4 rings (SSSR count). The lowest BCUT2D eigenvalue weighted by molar-refractivity contribution is -0.132. The van der Waals surface area contributed by atoms with Crippen LogP contribution >= 0.6 is 11.3 Å². The molecule has 0 N–H and O–H groups in total. The van der Waals surface area contributed by atoms with E-state index in [1.165, 1.54) is 21.7 Å². The summed E-state index contributed by atoms with van der Waals surface area (Å²) < 4.78 is 1.88. The van der Waals surface area contributed by atoms with Gasteiger partial charge in [0.05, 0.1) is 16.4 Å². The predicted molar refractivity (Wildman–Crippen MR) is 117 cm³/mol. The molecule has 0 atom stereocenters. The van der Waals surface area contributed by atoms with Gasteiger partial charge in [-0.1, -0.05) is 19.1 Å². The second-order valence-electron chi connectivity index (χ2n) is 7.81. The normalized spacial score (nSPS) is 14.0. The van der Waals surface area contributed by atoms with E-state index >= 15 is 0 Å². The van der Waals surface area contributed by atoms with Gasteiger partial charge in [0, 0.05) is 42.1 Å². The van der Waals surface area contributed by atoms with Gasteiger partial charge in [0.2, 0.25) is 5.91 Å². The number of aryl methyl sites for hydroxylation is 4. The Kier molecular flexibility index (Phi) is 5.54. The molecular formula is C23H28N4OS. The number of aromatic nitrogens is 3. The number of carbonyl (C=O) groups is 1. The SMILES string of the molecule is CCc1cc(-c2ccc(C)c(C)c2)nn1CC(=O)N1CCc2nc(C)sc2CC1. The summed E-state index contributed by atoms with van der Waals surface area (Å²) in [6.07, 6.45) is 2.60. The third-order valence-electron chi connectivity index (χ3n) is 5.78. The zero-order valence-electron chi connectivity index (χ0n) is 17.7. The van der Waals surface area contributed by atoms with Crippen molar-refractivity contribution in [1.82, 2.24) is 19.7 Å². The van der Waals surface area contributed by atoms with E-state index in [0.29, 0.717) is 6.54 Å². The van der Waals surface area contributed by atoms with Gasteiger partial charge in [0.15, 0.2) is 0 Å². The Morgan fingerprint density at radius 2 is 1.90 bits per heavy atom. The van der Waals surface area contributed by atoms with Crippen molar-refractivity contribution in [2.45, 2.75) is 53.5 Å². The number of amides is 1. The van der Waals surface area contributed by atoms with Crippen LogP contribution in [0.2, 0.25) is 0 Å². The van der Waals surface area contributed by atoms with Gasteiger partial charge in [-0.15, -0.1) is 11.3 Å². The quantitative estimate of drug-likeness (QED) is 0.652. The first-order chi connectivity index (χ1) is 13.9. The Morgan fingerprint density at radius 1 is 1.10 bits per heavy atom. The third kappa shape index (κ3) is 4.13. The average Bonchev–Trinajstić information content (AvgIpc) is 3.20. The maximum atomic E-state index is 13.0. The summed E-state index contributed by atoms with van der Waals surface area (Å²) in [5.74, 6) is 0.140. The van der Waals surface area contributed by atoms with Gasteiger partial charge in [-0.05, 0) is 50.5 Å². The lowest BCUT2D eigenvalue weighted by Gasteiger charge is -2.20. The molecule has 2 aromatic heterocycles. The van der Waals surface area contributed by atoms with E-state index < -0.39 is 0 Å². The van der Waals surface area contributed by atoms with Gasteiger partial charge in [-0.3, -0.25) is 9.48 Å². The maximum Gasteiger partial charge on any atom is 0.244 e. The van der Waals surface area contributed by atoms with Crippen LogP contribution in [-0.2, 0) is 30.6 Å². The molecule has 1 amide bonds. The van der Waals surface area contributed by atoms with Crippen LogP contribution in [0.3, 0.4) is 0 Å². The molecule has 29 heavy (non-hydrogen) atoms. The fraction of sp³-hybridized carbons (Fsp3) is 0.435. The molecule has 0 saturated carbocycles. The number of carbonyl (C=O) groups excluding carboxylic acids is 1. The first-order valence-corrected chi connectivity index (χ1v) is 11.1. The zero-order chi connectivity index (χ0) is 20.5. The molecule has 3 heterocycles. The van der Waals surface area contributed by atoms with E-state index in [2.05, 4.69) is 56.9 Å². The number of nitrogens with zero attached hydrogens (tertiary/aromatic N) is 4. The molecular weight excluding hydrogens is 380 g/mol. The highest BCUT2D eigenvalue weighted by Gasteiger charge is 2.22. The largest absolute Gasteiger partial charge is 0.340 e. The fourth-order valence-corrected chi connectivity index (χ4v) is 4.86. The second-order valence-corrected chi connectivity index (χ2v) is 9.10. The zero-order valence-corrected chi connectivity index (χ0v) is 18.5. The Bertz CT molecular complexity index is 1020. The van der Waals surface area contributed by atoms with Crippen molar-refractivity contribution in [1.29, 1.82) is 0 Å². The fourth-order valence-electron chi connectivity index (χ4n) is 3.89. The summed E-state index contributed by atoms with van der Waals surface area (Å²) >= 11 is 1.76. The summed E-state index contributed by atoms with van der Waals surface area (Å²) in [7, 11) is 0. The van der Waals surface area contributed by atoms with Gasteiger partial charge in [0.1, 0.15) is 6.54 Å². The summed E-state index contributed by atoms with van der Waals surface area (Å²) in [5.41, 5.74) is 6.85. The molecule has 1 aliphatic heterocycles. The molecule has 3 aromatic rings. The number of rotatable bonds is 4. The van der Waals surface area contributed by atoms with Crippen LogP contribution in [0.25, 0.3) is 11.3 Å². The van der Waals surface area contributed by atoms with Crippen LogP contribution in [-0.4, -0.2) is 38.7 Å². The van der Waals surface area contributed by atoms with E-state index in [1.54, 1.807) is 11.3 Å². The molecule has 0 saturated heterocycles. The van der Waals surface area contributed by atoms with Crippen LogP contribution in [0.15, 0.2) is 24.3 Å². The van der Waals surface area contributed by atoms with Crippen molar-refractivity contribution < 1.29 is 4.79 Å². The maximum absolute atomic E-state index is 13.0. The summed E-state index contributed by atoms with van der Waals surface area (Å²) in [6.45, 7) is 10.2. The molecule has 1 aromatic carbocycles. The minimum absolute atomic E-state index is 0.140. The van der Waals surface area contributed by atoms with Crippen molar-refractivity contribution in [2.24, 2.45) is 0 Å². The predicted octanol–water partition coefficient (Wildman–Crippen LogP) is 4.12. The Labute approximate surface area is 176 Å². The molecule has 1 aliphatic rings. The molecule has 5 nitrogen and oxygen atoms in total. The topological polar surface area (TPSA) is 51.0 Å². The minimum Gasteiger partial charge on any atom is -0.340 e. The van der Waals surface area contributed by atoms with E-state index in [1.807, 2.05) is 9.58 Å². The monoisotopic (exact) mass is 408 g/mol. The summed E-state index contributed by atoms with van der Waals surface area (Å²) in [6, 6.07) is 8.53. The number of benzene rings is 1. The van der Waals surface area contributed by atoms with E-state index in [0.717, 1.165) is 54.3 Å². The number of hydrogen-bond acceptors (Lipinski definition) is 4. The highest BCUT2D eigenvalue weighted by Crippen LogP contribution is 2.24. The molecule has 0 unspecified atom stereocenters. The number of fused-ring (bicyclic) bond motifs is 1. The molecule has 0 radical (unpaired) electrons. The van der Waals surface area contributed by atoms with Crippen LogP contribution in [0.5, 0.6) is 0 Å². The van der Waals surface area contributed by atoms with Crippen LogP contribution < -0.4 is 0 Å². The van der Waals surface area contributed by atoms with E-state index in [4.69, 9.17) is 5.10 Å². The van der Waals surface area contributed by atoms with E-state index in [9.17, 15) is 4.79 Å². The average molecular weight is 409 g/mol. The van der Waals surface area contributed by atoms with Crippen molar-refractivity contribution in [3.63, 3.8) is 0 Å². The van der Waals surface area contributed by atoms with E-state index in [-0.39, 0.29) is 5.91 Å². The molecule has 0 aliphatic carbocycles. The Hall–Kier alpha value is -2.47. The van der Waals surface area contributed by atoms with Crippen LogP contribution in [0.1, 0.15) is 39.3 Å². The van der Waals surface area contributed by atoms with Gasteiger partial charge in [-0.2, -0.15) is 5.10 Å². The molecule has 0 spiro atoms. The summed E-state index contributed by atoms with van der Waals surface area (Å²) in [5, 5.41) is 5.90. The number of hydrogen-bond donors (Lipinski definition) is 0. The first-order valence-electron chi connectivity index (χ1n) is 10.3.